The van der Waals surface area contributed by atoms with Gasteiger partial charge in [0.25, 0.3) is 0 Å². The molecule has 0 aliphatic rings. The highest BCUT2D eigenvalue weighted by molar-refractivity contribution is 7.62. The van der Waals surface area contributed by atoms with Gasteiger partial charge in [0, 0.05) is 6.92 Å². The average molecular weight is 274 g/mol. The molecule has 102 valence electrons. The van der Waals surface area contributed by atoms with Gasteiger partial charge in [0.05, 0.1) is 18.4 Å². The summed E-state index contributed by atoms with van der Waals surface area (Å²) >= 11 is 0. The van der Waals surface area contributed by atoms with Crippen molar-refractivity contribution in [3.63, 3.8) is 0 Å². The van der Waals surface area contributed by atoms with E-state index in [1.54, 1.807) is 27.7 Å². The topological polar surface area (TPSA) is 81.3 Å². The van der Waals surface area contributed by atoms with E-state index in [1.165, 1.54) is 13.1 Å². The average Bonchev–Trinajstić information content (AvgIpc) is 2.62. The maximum Gasteiger partial charge on any atom is 0.365 e. The molecule has 18 heavy (non-hydrogen) atoms. The molecule has 0 saturated carbocycles. The number of aromatic amines is 1. The highest BCUT2D eigenvalue weighted by atomic mass is 31.2. The van der Waals surface area contributed by atoms with Gasteiger partial charge in [-0.05, 0) is 27.7 Å². The smallest absolute Gasteiger partial charge is 0.302 e. The molecule has 0 atom stereocenters. The van der Waals surface area contributed by atoms with Crippen LogP contribution in [0.1, 0.15) is 45.1 Å². The Kier molecular flexibility index (Phi) is 4.85. The summed E-state index contributed by atoms with van der Waals surface area (Å²) in [5.74, 6) is -0.262. The molecule has 1 heterocycles. The molecular weight excluding hydrogens is 255 g/mol. The highest BCUT2D eigenvalue weighted by Gasteiger charge is 2.35. The van der Waals surface area contributed by atoms with Crippen LogP contribution in [0.5, 0.6) is 0 Å². The number of rotatable bonds is 6. The fraction of sp³-hybridized carbons (Fsp3) is 0.636. The molecule has 0 fully saturated rings. The number of aromatic nitrogens is 2. The van der Waals surface area contributed by atoms with Crippen LogP contribution in [0.2, 0.25) is 0 Å². The molecule has 1 N–H and O–H groups in total. The zero-order chi connectivity index (χ0) is 13.9. The maximum atomic E-state index is 12.8. The first-order chi connectivity index (χ1) is 8.26. The lowest BCUT2D eigenvalue weighted by atomic mass is 10.3. The first-order valence-electron chi connectivity index (χ1n) is 5.78. The minimum Gasteiger partial charge on any atom is -0.302 e. The quantitative estimate of drug-likeness (QED) is 0.635. The van der Waals surface area contributed by atoms with Gasteiger partial charge in [0.1, 0.15) is 11.0 Å². The van der Waals surface area contributed by atoms with Gasteiger partial charge in [0.2, 0.25) is 0 Å². The summed E-state index contributed by atoms with van der Waals surface area (Å²) in [4.78, 5) is 11.4. The number of carbonyl (C=O) groups excluding carboxylic acids is 1. The van der Waals surface area contributed by atoms with E-state index in [0.29, 0.717) is 0 Å². The van der Waals surface area contributed by atoms with Gasteiger partial charge in [-0.15, -0.1) is 0 Å². The predicted molar refractivity (Wildman–Crippen MR) is 68.3 cm³/mol. The lowest BCUT2D eigenvalue weighted by Gasteiger charge is -2.22. The summed E-state index contributed by atoms with van der Waals surface area (Å²) in [6.07, 6.45) is 0.746. The fourth-order valence-electron chi connectivity index (χ4n) is 1.44. The van der Waals surface area contributed by atoms with Crippen molar-refractivity contribution in [3.05, 3.63) is 11.9 Å². The molecule has 1 aromatic rings. The van der Waals surface area contributed by atoms with Gasteiger partial charge in [-0.3, -0.25) is 14.5 Å². The second kappa shape index (κ2) is 5.78. The van der Waals surface area contributed by atoms with Gasteiger partial charge in [-0.2, -0.15) is 5.10 Å². The molecular formula is C11H19N2O4P. The Labute approximate surface area is 107 Å². The molecule has 0 aliphatic heterocycles. The molecule has 0 bridgehead atoms. The summed E-state index contributed by atoms with van der Waals surface area (Å²) in [6.45, 7) is 8.38. The first-order valence-corrected chi connectivity index (χ1v) is 7.32. The van der Waals surface area contributed by atoms with E-state index >= 15 is 0 Å². The maximum absolute atomic E-state index is 12.8. The molecule has 0 aromatic carbocycles. The van der Waals surface area contributed by atoms with Crippen molar-refractivity contribution in [2.75, 3.05) is 0 Å². The van der Waals surface area contributed by atoms with Crippen molar-refractivity contribution >= 4 is 18.7 Å². The Balaban J connectivity index is 3.21. The molecule has 0 aliphatic carbocycles. The number of hydrogen-bond donors (Lipinski definition) is 1. The molecule has 1 aromatic heterocycles. The van der Waals surface area contributed by atoms with Gasteiger partial charge in [0.15, 0.2) is 5.78 Å². The summed E-state index contributed by atoms with van der Waals surface area (Å²) in [5, 5.41) is 6.46. The minimum atomic E-state index is -3.54. The van der Waals surface area contributed by atoms with Crippen LogP contribution in [-0.2, 0) is 13.6 Å². The van der Waals surface area contributed by atoms with E-state index in [4.69, 9.17) is 9.05 Å². The van der Waals surface area contributed by atoms with Crippen molar-refractivity contribution in [3.8, 4) is 0 Å². The second-order valence-electron chi connectivity index (χ2n) is 4.49. The van der Waals surface area contributed by atoms with Crippen LogP contribution in [0.15, 0.2) is 6.20 Å². The molecule has 0 spiro atoms. The third kappa shape index (κ3) is 3.51. The van der Waals surface area contributed by atoms with E-state index in [2.05, 4.69) is 10.2 Å². The Morgan fingerprint density at radius 2 is 1.78 bits per heavy atom. The predicted octanol–water partition coefficient (Wildman–Crippen LogP) is 2.28. The zero-order valence-corrected chi connectivity index (χ0v) is 12.2. The Bertz CT molecular complexity index is 453. The fourth-order valence-corrected chi connectivity index (χ4v) is 3.51. The molecule has 1 rings (SSSR count). The van der Waals surface area contributed by atoms with Crippen LogP contribution in [0.3, 0.4) is 0 Å². The zero-order valence-electron chi connectivity index (χ0n) is 11.3. The molecule has 0 amide bonds. The van der Waals surface area contributed by atoms with Crippen LogP contribution >= 0.6 is 7.60 Å². The normalized spacial score (nSPS) is 12.4. The monoisotopic (exact) mass is 274 g/mol. The van der Waals surface area contributed by atoms with Crippen molar-refractivity contribution < 1.29 is 18.4 Å². The van der Waals surface area contributed by atoms with Gasteiger partial charge < -0.3 is 9.05 Å². The van der Waals surface area contributed by atoms with Crippen LogP contribution in [0.4, 0.5) is 0 Å². The van der Waals surface area contributed by atoms with Crippen LogP contribution < -0.4 is 5.30 Å². The number of hydrogen-bond acceptors (Lipinski definition) is 5. The van der Waals surface area contributed by atoms with E-state index in [0.717, 1.165) is 0 Å². The van der Waals surface area contributed by atoms with Gasteiger partial charge in [-0.25, -0.2) is 0 Å². The molecule has 0 radical (unpaired) electrons. The lowest BCUT2D eigenvalue weighted by molar-refractivity contribution is 0.101. The standard InChI is InChI=1S/C11H19N2O4P/c1-7(2)16-18(15,17-8(3)4)10-6-12-13-11(10)9(5)14/h6-8H,1-5H3,(H,12,13). The number of ketones is 1. The molecule has 0 unspecified atom stereocenters. The minimum absolute atomic E-state index is 0.166. The molecule has 6 nitrogen and oxygen atoms in total. The van der Waals surface area contributed by atoms with E-state index in [9.17, 15) is 9.36 Å². The van der Waals surface area contributed by atoms with Crippen molar-refractivity contribution in [1.82, 2.24) is 10.2 Å². The number of nitrogens with one attached hydrogen (secondary N) is 1. The number of Topliss-reactive ketones (excluding diaryl/α,β-unsaturated/α-hetero) is 1. The summed E-state index contributed by atoms with van der Waals surface area (Å²) in [7, 11) is -3.54. The van der Waals surface area contributed by atoms with Crippen molar-refractivity contribution in [2.45, 2.75) is 46.8 Å². The lowest BCUT2D eigenvalue weighted by Crippen LogP contribution is -2.20. The van der Waals surface area contributed by atoms with Crippen LogP contribution in [0.25, 0.3) is 0 Å². The van der Waals surface area contributed by atoms with Crippen molar-refractivity contribution in [1.29, 1.82) is 0 Å². The molecule has 7 heteroatoms. The third-order valence-electron chi connectivity index (χ3n) is 1.97. The third-order valence-corrected chi connectivity index (χ3v) is 4.29. The Hall–Kier alpha value is -0.970. The summed E-state index contributed by atoms with van der Waals surface area (Å²) in [6, 6.07) is 0. The summed E-state index contributed by atoms with van der Waals surface area (Å²) in [5.41, 5.74) is 0.166. The van der Waals surface area contributed by atoms with E-state index in [1.807, 2.05) is 0 Å². The Morgan fingerprint density at radius 3 is 2.17 bits per heavy atom. The summed E-state index contributed by atoms with van der Waals surface area (Å²) < 4.78 is 23.6. The van der Waals surface area contributed by atoms with Crippen molar-refractivity contribution in [2.24, 2.45) is 0 Å². The highest BCUT2D eigenvalue weighted by Crippen LogP contribution is 2.49. The SMILES string of the molecule is CC(=O)c1[nH]ncc1P(=O)(OC(C)C)OC(C)C. The Morgan fingerprint density at radius 1 is 1.28 bits per heavy atom. The largest absolute Gasteiger partial charge is 0.365 e. The molecule has 0 saturated heterocycles. The van der Waals surface area contributed by atoms with Gasteiger partial charge in [-0.1, -0.05) is 0 Å². The van der Waals surface area contributed by atoms with Crippen LogP contribution in [0, 0.1) is 0 Å². The number of carbonyl (C=O) groups is 1. The number of H-pyrrole nitrogens is 1. The van der Waals surface area contributed by atoms with Crippen LogP contribution in [-0.4, -0.2) is 28.2 Å². The van der Waals surface area contributed by atoms with E-state index < -0.39 is 7.60 Å². The number of nitrogens with zero attached hydrogens (tertiary/aromatic N) is 1. The van der Waals surface area contributed by atoms with Gasteiger partial charge >= 0.3 is 7.60 Å². The van der Waals surface area contributed by atoms with E-state index in [-0.39, 0.29) is 29.0 Å². The first kappa shape index (κ1) is 15.1. The second-order valence-corrected chi connectivity index (χ2v) is 6.39.